The van der Waals surface area contributed by atoms with E-state index >= 15 is 0 Å². The van der Waals surface area contributed by atoms with Crippen LogP contribution < -0.4 is 5.32 Å². The molecule has 0 aliphatic carbocycles. The summed E-state index contributed by atoms with van der Waals surface area (Å²) in [4.78, 5) is 6.77. The monoisotopic (exact) mass is 374 g/mol. The second kappa shape index (κ2) is 8.50. The van der Waals surface area contributed by atoms with Gasteiger partial charge in [-0.1, -0.05) is 18.7 Å². The fourth-order valence-electron chi connectivity index (χ4n) is 4.03. The Morgan fingerprint density at radius 3 is 2.68 bits per heavy atom. The number of nitrogens with one attached hydrogen (secondary N) is 2. The summed E-state index contributed by atoms with van der Waals surface area (Å²) in [7, 11) is 0. The minimum atomic E-state index is 0.587. The molecule has 144 valence electrons. The second-order valence-corrected chi connectivity index (χ2v) is 7.40. The van der Waals surface area contributed by atoms with Gasteiger partial charge in [0.1, 0.15) is 0 Å². The van der Waals surface area contributed by atoms with Gasteiger partial charge in [-0.05, 0) is 53.8 Å². The standard InChI is InChI=1S/C23H26N4O/c1-17(12-24)23-9-10-25-13-19(23)8-11-26-20-4-2-18(3-5-20)14-27-21-6-7-22(27)16-28-15-21/h2-5,8-13,21-22,24,26H,1,6-7,14-16H2/b11-8+,24-12?. The van der Waals surface area contributed by atoms with Crippen molar-refractivity contribution in [3.8, 4) is 0 Å². The van der Waals surface area contributed by atoms with E-state index in [2.05, 4.69) is 46.0 Å². The molecule has 2 fully saturated rings. The summed E-state index contributed by atoms with van der Waals surface area (Å²) in [5, 5.41) is 10.7. The Kier molecular flexibility index (Phi) is 5.65. The Morgan fingerprint density at radius 2 is 1.96 bits per heavy atom. The van der Waals surface area contributed by atoms with E-state index in [4.69, 9.17) is 10.1 Å². The largest absolute Gasteiger partial charge is 0.378 e. The number of nitrogens with zero attached hydrogens (tertiary/aromatic N) is 2. The minimum absolute atomic E-state index is 0.587. The van der Waals surface area contributed by atoms with Crippen molar-refractivity contribution in [1.29, 1.82) is 5.41 Å². The van der Waals surface area contributed by atoms with Gasteiger partial charge in [0.25, 0.3) is 0 Å². The van der Waals surface area contributed by atoms with E-state index < -0.39 is 0 Å². The number of hydrogen-bond acceptors (Lipinski definition) is 5. The van der Waals surface area contributed by atoms with E-state index in [1.165, 1.54) is 24.6 Å². The average Bonchev–Trinajstić information content (AvgIpc) is 2.95. The van der Waals surface area contributed by atoms with Crippen LogP contribution in [0.2, 0.25) is 0 Å². The summed E-state index contributed by atoms with van der Waals surface area (Å²) in [5.41, 5.74) is 4.90. The molecule has 4 rings (SSSR count). The number of ether oxygens (including phenoxy) is 1. The van der Waals surface area contributed by atoms with Gasteiger partial charge in [-0.15, -0.1) is 0 Å². The third kappa shape index (κ3) is 4.06. The second-order valence-electron chi connectivity index (χ2n) is 7.40. The molecule has 0 saturated carbocycles. The molecule has 3 heterocycles. The van der Waals surface area contributed by atoms with Crippen LogP contribution in [0.3, 0.4) is 0 Å². The summed E-state index contributed by atoms with van der Waals surface area (Å²) >= 11 is 0. The van der Waals surface area contributed by atoms with Crippen molar-refractivity contribution in [3.05, 3.63) is 72.2 Å². The smallest absolute Gasteiger partial charge is 0.0622 e. The first kappa shape index (κ1) is 18.6. The minimum Gasteiger partial charge on any atom is -0.378 e. The van der Waals surface area contributed by atoms with E-state index in [-0.39, 0.29) is 0 Å². The summed E-state index contributed by atoms with van der Waals surface area (Å²) in [5.74, 6) is 0. The molecule has 5 heteroatoms. The number of hydrogen-bond donors (Lipinski definition) is 2. The fourth-order valence-corrected chi connectivity index (χ4v) is 4.03. The number of rotatable bonds is 7. The molecule has 2 aromatic rings. The predicted molar refractivity (Wildman–Crippen MR) is 114 cm³/mol. The first-order chi connectivity index (χ1) is 13.7. The van der Waals surface area contributed by atoms with Crippen LogP contribution in [-0.4, -0.2) is 41.4 Å². The van der Waals surface area contributed by atoms with Gasteiger partial charge in [0.2, 0.25) is 0 Å². The van der Waals surface area contributed by atoms with Crippen LogP contribution in [0.1, 0.15) is 29.5 Å². The molecule has 0 spiro atoms. The Labute approximate surface area is 166 Å². The molecule has 2 N–H and O–H groups in total. The van der Waals surface area contributed by atoms with Crippen molar-refractivity contribution in [2.45, 2.75) is 31.5 Å². The van der Waals surface area contributed by atoms with Gasteiger partial charge in [-0.25, -0.2) is 0 Å². The van der Waals surface area contributed by atoms with Crippen LogP contribution in [0, 0.1) is 5.41 Å². The quantitative estimate of drug-likeness (QED) is 0.714. The molecule has 2 aliphatic rings. The van der Waals surface area contributed by atoms with Crippen LogP contribution in [-0.2, 0) is 11.3 Å². The molecule has 1 aromatic heterocycles. The van der Waals surface area contributed by atoms with Crippen LogP contribution in [0.5, 0.6) is 0 Å². The lowest BCUT2D eigenvalue weighted by Gasteiger charge is -2.34. The van der Waals surface area contributed by atoms with Gasteiger partial charge in [0, 0.05) is 54.7 Å². The van der Waals surface area contributed by atoms with Crippen LogP contribution in [0.4, 0.5) is 5.69 Å². The summed E-state index contributed by atoms with van der Waals surface area (Å²) < 4.78 is 5.67. The highest BCUT2D eigenvalue weighted by molar-refractivity contribution is 6.08. The maximum absolute atomic E-state index is 7.40. The molecule has 2 aliphatic heterocycles. The Hall–Kier alpha value is -2.76. The van der Waals surface area contributed by atoms with Crippen molar-refractivity contribution in [3.63, 3.8) is 0 Å². The Morgan fingerprint density at radius 1 is 1.21 bits per heavy atom. The van der Waals surface area contributed by atoms with Gasteiger partial charge >= 0.3 is 0 Å². The maximum atomic E-state index is 7.40. The molecule has 2 saturated heterocycles. The molecule has 28 heavy (non-hydrogen) atoms. The zero-order chi connectivity index (χ0) is 19.3. The van der Waals surface area contributed by atoms with E-state index in [9.17, 15) is 0 Å². The van der Waals surface area contributed by atoms with Gasteiger partial charge in [0.15, 0.2) is 0 Å². The van der Waals surface area contributed by atoms with Gasteiger partial charge in [-0.2, -0.15) is 0 Å². The molecule has 2 bridgehead atoms. The molecular formula is C23H26N4O. The number of anilines is 1. The lowest BCUT2D eigenvalue weighted by Crippen LogP contribution is -2.45. The zero-order valence-corrected chi connectivity index (χ0v) is 16.0. The van der Waals surface area contributed by atoms with E-state index in [0.717, 1.165) is 36.6 Å². The predicted octanol–water partition coefficient (Wildman–Crippen LogP) is 4.19. The Balaban J connectivity index is 1.37. The molecule has 0 radical (unpaired) electrons. The average molecular weight is 374 g/mol. The Bertz CT molecular complexity index is 858. The normalized spacial score (nSPS) is 21.7. The van der Waals surface area contributed by atoms with Crippen LogP contribution in [0.15, 0.2) is 55.5 Å². The van der Waals surface area contributed by atoms with Gasteiger partial charge < -0.3 is 15.5 Å². The number of fused-ring (bicyclic) bond motifs is 2. The molecule has 2 unspecified atom stereocenters. The first-order valence-electron chi connectivity index (χ1n) is 9.74. The number of benzene rings is 1. The highest BCUT2D eigenvalue weighted by Gasteiger charge is 2.36. The number of morpholine rings is 1. The first-order valence-corrected chi connectivity index (χ1v) is 9.74. The highest BCUT2D eigenvalue weighted by atomic mass is 16.5. The highest BCUT2D eigenvalue weighted by Crippen LogP contribution is 2.30. The molecule has 1 aromatic carbocycles. The fraction of sp³-hybridized carbons (Fsp3) is 0.304. The third-order valence-corrected chi connectivity index (χ3v) is 5.60. The maximum Gasteiger partial charge on any atom is 0.0622 e. The van der Waals surface area contributed by atoms with Gasteiger partial charge in [0.05, 0.1) is 13.2 Å². The molecule has 5 nitrogen and oxygen atoms in total. The number of aromatic nitrogens is 1. The van der Waals surface area contributed by atoms with Crippen LogP contribution in [0.25, 0.3) is 11.6 Å². The zero-order valence-electron chi connectivity index (χ0n) is 16.0. The summed E-state index contributed by atoms with van der Waals surface area (Å²) in [6.07, 6.45) is 11.1. The lowest BCUT2D eigenvalue weighted by molar-refractivity contribution is -0.0186. The third-order valence-electron chi connectivity index (χ3n) is 5.60. The topological polar surface area (TPSA) is 61.2 Å². The summed E-state index contributed by atoms with van der Waals surface area (Å²) in [6, 6.07) is 11.7. The van der Waals surface area contributed by atoms with E-state index in [1.807, 2.05) is 18.3 Å². The van der Waals surface area contributed by atoms with Crippen LogP contribution >= 0.6 is 0 Å². The lowest BCUT2D eigenvalue weighted by atomic mass is 10.0. The number of allylic oxidation sites excluding steroid dienone is 1. The van der Waals surface area contributed by atoms with Crippen molar-refractivity contribution in [2.75, 3.05) is 18.5 Å². The van der Waals surface area contributed by atoms with E-state index in [1.54, 1.807) is 12.4 Å². The van der Waals surface area contributed by atoms with Crippen molar-refractivity contribution < 1.29 is 4.74 Å². The summed E-state index contributed by atoms with van der Waals surface area (Å²) in [6.45, 7) is 6.66. The molecule has 0 amide bonds. The van der Waals surface area contributed by atoms with Crippen molar-refractivity contribution in [1.82, 2.24) is 9.88 Å². The SMILES string of the molecule is C=C(C=N)c1ccncc1/C=C/Nc1ccc(CN2C3CCC2COC3)cc1. The van der Waals surface area contributed by atoms with Crippen molar-refractivity contribution >= 4 is 23.6 Å². The number of pyridine rings is 1. The molecular weight excluding hydrogens is 348 g/mol. The molecule has 2 atom stereocenters. The van der Waals surface area contributed by atoms with Gasteiger partial charge in [-0.3, -0.25) is 9.88 Å². The van der Waals surface area contributed by atoms with E-state index in [0.29, 0.717) is 17.7 Å². The van der Waals surface area contributed by atoms with Crippen molar-refractivity contribution in [2.24, 2.45) is 0 Å².